The predicted molar refractivity (Wildman–Crippen MR) is 65.4 cm³/mol. The molecule has 0 aliphatic heterocycles. The number of carboxylic acid groups (broad SMARTS) is 1. The van der Waals surface area contributed by atoms with Crippen LogP contribution in [0.3, 0.4) is 0 Å². The summed E-state index contributed by atoms with van der Waals surface area (Å²) >= 11 is 0. The number of aliphatic carboxylic acids is 1. The van der Waals surface area contributed by atoms with Gasteiger partial charge in [-0.05, 0) is 33.6 Å². The van der Waals surface area contributed by atoms with Crippen molar-refractivity contribution in [3.63, 3.8) is 0 Å². The summed E-state index contributed by atoms with van der Waals surface area (Å²) in [6.45, 7) is 7.75. The first kappa shape index (κ1) is 13.5. The van der Waals surface area contributed by atoms with Gasteiger partial charge in [-0.25, -0.2) is 4.68 Å². The first-order valence-electron chi connectivity index (χ1n) is 5.82. The summed E-state index contributed by atoms with van der Waals surface area (Å²) in [4.78, 5) is 22.7. The zero-order valence-electron chi connectivity index (χ0n) is 10.8. The number of nitrogens with zero attached hydrogens (tertiary/aromatic N) is 1. The van der Waals surface area contributed by atoms with Gasteiger partial charge in [0.25, 0.3) is 5.56 Å². The molecule has 0 saturated carbocycles. The Morgan fingerprint density at radius 3 is 2.41 bits per heavy atom. The van der Waals surface area contributed by atoms with Gasteiger partial charge in [0.2, 0.25) is 0 Å². The Hall–Kier alpha value is -1.52. The van der Waals surface area contributed by atoms with Crippen LogP contribution in [0.25, 0.3) is 0 Å². The van der Waals surface area contributed by atoms with Crippen molar-refractivity contribution < 1.29 is 9.90 Å². The first-order valence-corrected chi connectivity index (χ1v) is 5.82. The van der Waals surface area contributed by atoms with E-state index >= 15 is 0 Å². The highest BCUT2D eigenvalue weighted by molar-refractivity contribution is 5.67. The summed E-state index contributed by atoms with van der Waals surface area (Å²) in [5.41, 5.74) is 1.02. The molecule has 1 aromatic rings. The summed E-state index contributed by atoms with van der Waals surface area (Å²) in [5.74, 6) is -0.880. The molecule has 0 bridgehead atoms. The molecule has 0 fully saturated rings. The second-order valence-electron chi connectivity index (χ2n) is 5.13. The smallest absolute Gasteiger partial charge is 0.303 e. The van der Waals surface area contributed by atoms with Crippen LogP contribution < -0.4 is 5.56 Å². The van der Waals surface area contributed by atoms with E-state index in [0.717, 1.165) is 5.69 Å². The number of rotatable bonds is 4. The van der Waals surface area contributed by atoms with Crippen LogP contribution in [0.1, 0.15) is 45.4 Å². The average Bonchev–Trinajstić information content (AvgIpc) is 2.51. The van der Waals surface area contributed by atoms with Crippen molar-refractivity contribution in [1.82, 2.24) is 9.78 Å². The topological polar surface area (TPSA) is 75.1 Å². The fourth-order valence-corrected chi connectivity index (χ4v) is 1.77. The van der Waals surface area contributed by atoms with Gasteiger partial charge < -0.3 is 5.11 Å². The van der Waals surface area contributed by atoms with Gasteiger partial charge in [0, 0.05) is 17.7 Å². The molecule has 2 N–H and O–H groups in total. The number of hydrogen-bond acceptors (Lipinski definition) is 2. The highest BCUT2D eigenvalue weighted by Crippen LogP contribution is 2.13. The molecule has 0 aromatic carbocycles. The van der Waals surface area contributed by atoms with Crippen LogP contribution in [0.4, 0.5) is 0 Å². The van der Waals surface area contributed by atoms with Gasteiger partial charge in [0.1, 0.15) is 0 Å². The lowest BCUT2D eigenvalue weighted by molar-refractivity contribution is -0.136. The second-order valence-corrected chi connectivity index (χ2v) is 5.13. The van der Waals surface area contributed by atoms with E-state index in [0.29, 0.717) is 12.0 Å². The molecule has 1 rings (SSSR count). The van der Waals surface area contributed by atoms with E-state index in [1.165, 1.54) is 0 Å². The summed E-state index contributed by atoms with van der Waals surface area (Å²) in [5, 5.41) is 11.8. The number of aromatic amines is 1. The Bertz CT molecular complexity index is 463. The highest BCUT2D eigenvalue weighted by atomic mass is 16.4. The molecule has 17 heavy (non-hydrogen) atoms. The van der Waals surface area contributed by atoms with Gasteiger partial charge in [-0.15, -0.1) is 0 Å². The van der Waals surface area contributed by atoms with Gasteiger partial charge in [0.05, 0.1) is 5.54 Å². The molecule has 5 heteroatoms. The Balaban J connectivity index is 3.16. The number of aryl methyl sites for hydroxylation is 1. The van der Waals surface area contributed by atoms with E-state index < -0.39 is 5.97 Å². The third-order valence-corrected chi connectivity index (χ3v) is 2.69. The summed E-state index contributed by atoms with van der Waals surface area (Å²) in [7, 11) is 0. The molecular formula is C12H20N2O3. The third-order valence-electron chi connectivity index (χ3n) is 2.69. The number of aromatic nitrogens is 2. The minimum absolute atomic E-state index is 0.00969. The Labute approximate surface area is 100 Å². The van der Waals surface area contributed by atoms with Gasteiger partial charge >= 0.3 is 5.97 Å². The van der Waals surface area contributed by atoms with E-state index in [1.807, 2.05) is 27.7 Å². The van der Waals surface area contributed by atoms with Crippen LogP contribution in [0.15, 0.2) is 4.79 Å². The third kappa shape index (κ3) is 2.99. The normalized spacial score (nSPS) is 11.8. The van der Waals surface area contributed by atoms with Gasteiger partial charge in [-0.1, -0.05) is 6.92 Å². The summed E-state index contributed by atoms with van der Waals surface area (Å²) < 4.78 is 1.57. The fourth-order valence-electron chi connectivity index (χ4n) is 1.77. The van der Waals surface area contributed by atoms with Crippen molar-refractivity contribution in [3.8, 4) is 0 Å². The number of nitrogens with one attached hydrogen (secondary N) is 1. The summed E-state index contributed by atoms with van der Waals surface area (Å²) in [6.07, 6.45) is 0.981. The molecule has 0 amide bonds. The first-order chi connectivity index (χ1) is 7.77. The molecule has 0 unspecified atom stereocenters. The van der Waals surface area contributed by atoms with E-state index in [9.17, 15) is 9.59 Å². The van der Waals surface area contributed by atoms with Crippen LogP contribution in [0, 0.1) is 0 Å². The minimum atomic E-state index is -0.880. The molecule has 0 spiro atoms. The number of hydrogen-bond donors (Lipinski definition) is 2. The number of carbonyl (C=O) groups is 1. The van der Waals surface area contributed by atoms with Crippen molar-refractivity contribution in [3.05, 3.63) is 21.6 Å². The molecular weight excluding hydrogens is 220 g/mol. The van der Waals surface area contributed by atoms with E-state index in [-0.39, 0.29) is 23.9 Å². The minimum Gasteiger partial charge on any atom is -0.481 e. The molecule has 1 heterocycles. The predicted octanol–water partition coefficient (Wildman–Crippen LogP) is 1.51. The lowest BCUT2D eigenvalue weighted by Crippen LogP contribution is -2.33. The van der Waals surface area contributed by atoms with Crippen LogP contribution in [-0.2, 0) is 23.2 Å². The van der Waals surface area contributed by atoms with Crippen molar-refractivity contribution >= 4 is 5.97 Å². The molecule has 1 aromatic heterocycles. The Kier molecular flexibility index (Phi) is 3.80. The lowest BCUT2D eigenvalue weighted by Gasteiger charge is -2.19. The van der Waals surface area contributed by atoms with Gasteiger partial charge in [0.15, 0.2) is 0 Å². The maximum absolute atomic E-state index is 12.1. The molecule has 0 radical (unpaired) electrons. The maximum atomic E-state index is 12.1. The zero-order chi connectivity index (χ0) is 13.2. The standard InChI is InChI=1S/C12H20N2O3/c1-5-9-8(6-7-10(15)16)11(17)14(13-9)12(2,3)4/h13H,5-7H2,1-4H3,(H,15,16). The van der Waals surface area contributed by atoms with Crippen molar-refractivity contribution in [1.29, 1.82) is 0 Å². The van der Waals surface area contributed by atoms with Gasteiger partial charge in [-0.2, -0.15) is 0 Å². The van der Waals surface area contributed by atoms with Gasteiger partial charge in [-0.3, -0.25) is 14.7 Å². The molecule has 0 aliphatic carbocycles. The van der Waals surface area contributed by atoms with Crippen LogP contribution in [-0.4, -0.2) is 20.9 Å². The van der Waals surface area contributed by atoms with Crippen molar-refractivity contribution in [2.45, 2.75) is 52.5 Å². The average molecular weight is 240 g/mol. The lowest BCUT2D eigenvalue weighted by atomic mass is 10.1. The summed E-state index contributed by atoms with van der Waals surface area (Å²) in [6, 6.07) is 0. The molecule has 0 atom stereocenters. The molecule has 0 aliphatic rings. The maximum Gasteiger partial charge on any atom is 0.303 e. The number of H-pyrrole nitrogens is 1. The second kappa shape index (κ2) is 4.77. The molecule has 5 nitrogen and oxygen atoms in total. The van der Waals surface area contributed by atoms with Crippen LogP contribution in [0.5, 0.6) is 0 Å². The van der Waals surface area contributed by atoms with Crippen LogP contribution in [0.2, 0.25) is 0 Å². The SMILES string of the molecule is CCc1[nH]n(C(C)(C)C)c(=O)c1CCC(=O)O. The largest absolute Gasteiger partial charge is 0.481 e. The van der Waals surface area contributed by atoms with Crippen molar-refractivity contribution in [2.24, 2.45) is 0 Å². The van der Waals surface area contributed by atoms with Crippen LogP contribution >= 0.6 is 0 Å². The van der Waals surface area contributed by atoms with E-state index in [4.69, 9.17) is 5.11 Å². The van der Waals surface area contributed by atoms with E-state index in [1.54, 1.807) is 4.68 Å². The number of carboxylic acids is 1. The molecule has 96 valence electrons. The van der Waals surface area contributed by atoms with E-state index in [2.05, 4.69) is 5.10 Å². The fraction of sp³-hybridized carbons (Fsp3) is 0.667. The zero-order valence-corrected chi connectivity index (χ0v) is 10.8. The Morgan fingerprint density at radius 1 is 1.41 bits per heavy atom. The molecule has 0 saturated heterocycles. The highest BCUT2D eigenvalue weighted by Gasteiger charge is 2.21. The monoisotopic (exact) mass is 240 g/mol. The quantitative estimate of drug-likeness (QED) is 0.837. The Morgan fingerprint density at radius 2 is 2.00 bits per heavy atom. The van der Waals surface area contributed by atoms with Crippen molar-refractivity contribution in [2.75, 3.05) is 0 Å².